The maximum atomic E-state index is 13.6. The molecule has 0 saturated heterocycles. The quantitative estimate of drug-likeness (QED) is 0.273. The second kappa shape index (κ2) is 14.7. The highest BCUT2D eigenvalue weighted by atomic mass is 16.5. The number of rotatable bonds is 13. The Labute approximate surface area is 240 Å². The lowest BCUT2D eigenvalue weighted by Crippen LogP contribution is -2.58. The number of carbonyl (C=O) groups excluding carboxylic acids is 4. The second-order valence-corrected chi connectivity index (χ2v) is 10.6. The van der Waals surface area contributed by atoms with E-state index in [9.17, 15) is 19.2 Å². The summed E-state index contributed by atoms with van der Waals surface area (Å²) in [5.74, 6) is -1.19. The van der Waals surface area contributed by atoms with Crippen LogP contribution in [0, 0.1) is 0 Å². The first-order valence-electron chi connectivity index (χ1n) is 14.6. The first-order chi connectivity index (χ1) is 19.9. The summed E-state index contributed by atoms with van der Waals surface area (Å²) in [7, 11) is 0. The Balaban J connectivity index is 1.34. The lowest BCUT2D eigenvalue weighted by molar-refractivity contribution is -0.132. The molecule has 4 amide bonds. The molecule has 4 rings (SSSR count). The summed E-state index contributed by atoms with van der Waals surface area (Å²) in [5, 5.41) is 11.5. The van der Waals surface area contributed by atoms with E-state index in [1.54, 1.807) is 0 Å². The van der Waals surface area contributed by atoms with Gasteiger partial charge in [0.05, 0.1) is 6.61 Å². The first-order valence-corrected chi connectivity index (χ1v) is 14.6. The highest BCUT2D eigenvalue weighted by Crippen LogP contribution is 2.30. The molecule has 0 unspecified atom stereocenters. The number of fused-ring (bicyclic) bond motifs is 1. The van der Waals surface area contributed by atoms with Gasteiger partial charge < -0.3 is 26.0 Å². The number of anilines is 1. The second-order valence-electron chi connectivity index (χ2n) is 10.6. The van der Waals surface area contributed by atoms with E-state index >= 15 is 0 Å². The summed E-state index contributed by atoms with van der Waals surface area (Å²) >= 11 is 0. The molecule has 4 N–H and O–H groups in total. The number of nitrogens with one attached hydrogen (secondary N) is 4. The highest BCUT2D eigenvalue weighted by molar-refractivity contribution is 6.05. The van der Waals surface area contributed by atoms with Gasteiger partial charge in [0.1, 0.15) is 5.54 Å². The van der Waals surface area contributed by atoms with Crippen molar-refractivity contribution in [3.63, 3.8) is 0 Å². The van der Waals surface area contributed by atoms with Crippen LogP contribution in [0.4, 0.5) is 5.82 Å². The molecule has 1 heterocycles. The van der Waals surface area contributed by atoms with Crippen LogP contribution in [0.2, 0.25) is 0 Å². The van der Waals surface area contributed by atoms with Crippen LogP contribution in [-0.4, -0.2) is 64.9 Å². The van der Waals surface area contributed by atoms with Gasteiger partial charge in [-0.25, -0.2) is 9.97 Å². The number of nitrogens with zero attached hydrogens (tertiary/aromatic N) is 2. The van der Waals surface area contributed by atoms with Gasteiger partial charge in [-0.3, -0.25) is 19.2 Å². The molecule has 220 valence electrons. The topological polar surface area (TPSA) is 151 Å². The number of ether oxygens (including phenoxy) is 1. The lowest BCUT2D eigenvalue weighted by Gasteiger charge is -2.36. The number of hydrogen-bond donors (Lipinski definition) is 4. The SMILES string of the molecule is CCOCCNC(=O)CCCC(=O)NC1(C(=O)Nc2nccnc2C(=O)NC2Cc3ccccc3C2)CCCCC1. The fraction of sp³-hybridized carbons (Fsp3) is 0.533. The molecule has 0 aliphatic heterocycles. The molecule has 1 saturated carbocycles. The molecule has 2 aliphatic rings. The molecule has 1 aromatic heterocycles. The van der Waals surface area contributed by atoms with Crippen LogP contribution >= 0.6 is 0 Å². The van der Waals surface area contributed by atoms with Gasteiger partial charge in [-0.1, -0.05) is 43.5 Å². The molecule has 1 fully saturated rings. The maximum absolute atomic E-state index is 13.6. The Kier molecular flexibility index (Phi) is 10.8. The van der Waals surface area contributed by atoms with Crippen molar-refractivity contribution in [1.29, 1.82) is 0 Å². The number of benzene rings is 1. The molecular weight excluding hydrogens is 524 g/mol. The van der Waals surface area contributed by atoms with Crippen molar-refractivity contribution in [3.8, 4) is 0 Å². The summed E-state index contributed by atoms with van der Waals surface area (Å²) in [6.45, 7) is 3.36. The number of aromatic nitrogens is 2. The number of hydrogen-bond acceptors (Lipinski definition) is 7. The van der Waals surface area contributed by atoms with E-state index < -0.39 is 17.4 Å². The van der Waals surface area contributed by atoms with Gasteiger partial charge in [0.15, 0.2) is 11.5 Å². The minimum absolute atomic E-state index is 0.0319. The standard InChI is InChI=1S/C30H40N6O5/c1-2-41-18-17-31-24(37)11-8-12-25(38)36-30(13-6-3-7-14-30)29(40)35-27-26(32-15-16-33-27)28(39)34-23-19-21-9-4-5-10-22(21)20-23/h4-5,9-10,15-16,23H,2-3,6-8,11-14,17-20H2,1H3,(H,31,37)(H,34,39)(H,36,38)(H,33,35,40). The normalized spacial score (nSPS) is 15.9. The minimum atomic E-state index is -1.12. The molecule has 41 heavy (non-hydrogen) atoms. The average Bonchev–Trinajstić information content (AvgIpc) is 3.38. The predicted octanol–water partition coefficient (Wildman–Crippen LogP) is 2.45. The fourth-order valence-electron chi connectivity index (χ4n) is 5.54. The fourth-order valence-corrected chi connectivity index (χ4v) is 5.54. The smallest absolute Gasteiger partial charge is 0.273 e. The molecule has 0 radical (unpaired) electrons. The van der Waals surface area contributed by atoms with E-state index in [0.29, 0.717) is 39.0 Å². The average molecular weight is 565 g/mol. The molecule has 2 aliphatic carbocycles. The zero-order valence-corrected chi connectivity index (χ0v) is 23.7. The molecule has 0 bridgehead atoms. The van der Waals surface area contributed by atoms with E-state index in [0.717, 1.165) is 32.1 Å². The lowest BCUT2D eigenvalue weighted by atomic mass is 9.80. The van der Waals surface area contributed by atoms with Crippen molar-refractivity contribution in [2.24, 2.45) is 0 Å². The van der Waals surface area contributed by atoms with Crippen molar-refractivity contribution in [1.82, 2.24) is 25.9 Å². The van der Waals surface area contributed by atoms with Crippen molar-refractivity contribution in [2.45, 2.75) is 82.7 Å². The van der Waals surface area contributed by atoms with Crippen molar-refractivity contribution < 1.29 is 23.9 Å². The zero-order valence-electron chi connectivity index (χ0n) is 23.7. The summed E-state index contributed by atoms with van der Waals surface area (Å²) < 4.78 is 5.20. The molecule has 2 aromatic rings. The molecule has 0 atom stereocenters. The van der Waals surface area contributed by atoms with E-state index in [1.165, 1.54) is 23.5 Å². The highest BCUT2D eigenvalue weighted by Gasteiger charge is 2.41. The summed E-state index contributed by atoms with van der Waals surface area (Å²) in [5.41, 5.74) is 1.34. The Morgan fingerprint density at radius 1 is 0.951 bits per heavy atom. The van der Waals surface area contributed by atoms with Gasteiger partial charge in [-0.2, -0.15) is 0 Å². The Hall–Kier alpha value is -3.86. The van der Waals surface area contributed by atoms with Crippen LogP contribution in [-0.2, 0) is 32.0 Å². The predicted molar refractivity (Wildman–Crippen MR) is 153 cm³/mol. The third kappa shape index (κ3) is 8.32. The van der Waals surface area contributed by atoms with E-state index in [4.69, 9.17) is 4.74 Å². The van der Waals surface area contributed by atoms with Crippen LogP contribution in [0.3, 0.4) is 0 Å². The molecule has 11 nitrogen and oxygen atoms in total. The third-order valence-corrected chi connectivity index (χ3v) is 7.63. The van der Waals surface area contributed by atoms with Crippen LogP contribution in [0.5, 0.6) is 0 Å². The number of amides is 4. The summed E-state index contributed by atoms with van der Waals surface area (Å²) in [6, 6.07) is 8.03. The van der Waals surface area contributed by atoms with Crippen LogP contribution < -0.4 is 21.3 Å². The maximum Gasteiger partial charge on any atom is 0.273 e. The Bertz CT molecular complexity index is 1200. The molecule has 1 aromatic carbocycles. The molecule has 0 spiro atoms. The van der Waals surface area contributed by atoms with Gasteiger partial charge in [0.25, 0.3) is 11.8 Å². The van der Waals surface area contributed by atoms with E-state index in [2.05, 4.69) is 43.4 Å². The molecule has 11 heteroatoms. The largest absolute Gasteiger partial charge is 0.380 e. The van der Waals surface area contributed by atoms with Gasteiger partial charge in [-0.05, 0) is 50.2 Å². The van der Waals surface area contributed by atoms with Crippen LogP contribution in [0.15, 0.2) is 36.7 Å². The monoisotopic (exact) mass is 564 g/mol. The van der Waals surface area contributed by atoms with E-state index in [-0.39, 0.29) is 42.2 Å². The summed E-state index contributed by atoms with van der Waals surface area (Å²) in [6.07, 6.45) is 8.48. The Morgan fingerprint density at radius 3 is 2.34 bits per heavy atom. The number of carbonyl (C=O) groups is 4. The van der Waals surface area contributed by atoms with Crippen molar-refractivity contribution in [2.75, 3.05) is 25.1 Å². The van der Waals surface area contributed by atoms with Crippen LogP contribution in [0.1, 0.15) is 79.9 Å². The minimum Gasteiger partial charge on any atom is -0.380 e. The third-order valence-electron chi connectivity index (χ3n) is 7.63. The zero-order chi connectivity index (χ0) is 29.1. The first kappa shape index (κ1) is 30.1. The van der Waals surface area contributed by atoms with Crippen molar-refractivity contribution >= 4 is 29.4 Å². The van der Waals surface area contributed by atoms with E-state index in [1.807, 2.05) is 19.1 Å². The van der Waals surface area contributed by atoms with Crippen molar-refractivity contribution in [3.05, 3.63) is 53.5 Å². The van der Waals surface area contributed by atoms with Gasteiger partial charge >= 0.3 is 0 Å². The van der Waals surface area contributed by atoms with Gasteiger partial charge in [0.2, 0.25) is 11.8 Å². The summed E-state index contributed by atoms with van der Waals surface area (Å²) in [4.78, 5) is 60.2. The molecular formula is C30H40N6O5. The van der Waals surface area contributed by atoms with Crippen LogP contribution in [0.25, 0.3) is 0 Å². The Morgan fingerprint density at radius 2 is 1.63 bits per heavy atom. The van der Waals surface area contributed by atoms with Gasteiger partial charge in [0, 0.05) is 44.4 Å². The van der Waals surface area contributed by atoms with Gasteiger partial charge in [-0.15, -0.1) is 0 Å².